The first-order valence-corrected chi connectivity index (χ1v) is 27.9. The summed E-state index contributed by atoms with van der Waals surface area (Å²) in [5, 5.41) is 2.17. The molecule has 6 heteroatoms. The van der Waals surface area contributed by atoms with E-state index in [2.05, 4.69) is 139 Å². The zero-order valence-corrected chi connectivity index (χ0v) is 40.9. The molecule has 1 radical (unpaired) electrons. The molecule has 0 amide bonds. The van der Waals surface area contributed by atoms with Gasteiger partial charge in [-0.05, 0) is 46.9 Å². The van der Waals surface area contributed by atoms with E-state index in [9.17, 15) is 0 Å². The Bertz CT molecular complexity index is 3170. The van der Waals surface area contributed by atoms with Crippen molar-refractivity contribution in [2.75, 3.05) is 0 Å². The van der Waals surface area contributed by atoms with E-state index in [0.29, 0.717) is 16.8 Å². The minimum atomic E-state index is -2.36. The number of rotatable bonds is 6. The molecule has 61 heavy (non-hydrogen) atoms. The Morgan fingerprint density at radius 3 is 2.23 bits per heavy atom. The van der Waals surface area contributed by atoms with E-state index in [1.54, 1.807) is 12.1 Å². The number of benzene rings is 6. The number of nitrogens with zero attached hydrogens (tertiary/aromatic N) is 3. The molecule has 0 aliphatic rings. The van der Waals surface area contributed by atoms with E-state index in [4.69, 9.17) is 16.3 Å². The number of pyridine rings is 1. The molecule has 0 aliphatic carbocycles. The third-order valence-electron chi connectivity index (χ3n) is 10.6. The van der Waals surface area contributed by atoms with Gasteiger partial charge in [0.25, 0.3) is 0 Å². The molecule has 9 aromatic rings. The number of aromatic nitrogens is 3. The Kier molecular flexibility index (Phi) is 10.7. The average Bonchev–Trinajstić information content (AvgIpc) is 3.84. The quantitative estimate of drug-likeness (QED) is 0.123. The number of para-hydroxylation sites is 3. The molecule has 0 saturated carbocycles. The van der Waals surface area contributed by atoms with Crippen molar-refractivity contribution in [3.63, 3.8) is 0 Å². The Morgan fingerprint density at radius 2 is 1.52 bits per heavy atom. The van der Waals surface area contributed by atoms with E-state index in [-0.39, 0.29) is 31.1 Å². The Balaban J connectivity index is 0.000000206. The van der Waals surface area contributed by atoms with Crippen molar-refractivity contribution in [1.82, 2.24) is 14.5 Å². The first-order valence-electron chi connectivity index (χ1n) is 23.1. The number of aryl methyl sites for hydroxylation is 1. The average molecular weight is 1040 g/mol. The molecule has 3 heterocycles. The summed E-state index contributed by atoms with van der Waals surface area (Å²) >= 11 is -2.36. The fourth-order valence-electron chi connectivity index (χ4n) is 7.63. The van der Waals surface area contributed by atoms with Crippen LogP contribution in [0.3, 0.4) is 0 Å². The summed E-state index contributed by atoms with van der Waals surface area (Å²) < 4.78 is 49.8. The number of fused-ring (bicyclic) bond motifs is 4. The van der Waals surface area contributed by atoms with E-state index in [1.807, 2.05) is 63.4 Å². The second-order valence-electron chi connectivity index (χ2n) is 18.5. The van der Waals surface area contributed by atoms with E-state index >= 15 is 0 Å². The van der Waals surface area contributed by atoms with Gasteiger partial charge < -0.3 is 8.98 Å². The van der Waals surface area contributed by atoms with Crippen LogP contribution in [0.4, 0.5) is 0 Å². The van der Waals surface area contributed by atoms with Crippen molar-refractivity contribution in [2.24, 2.45) is 5.41 Å². The third kappa shape index (κ3) is 9.40. The molecular formula is C55H55GeIrN3O-2. The monoisotopic (exact) mass is 1050 g/mol. The zero-order valence-electron chi connectivity index (χ0n) is 41.4. The first-order chi connectivity index (χ1) is 30.5. The molecule has 0 bridgehead atoms. The molecular weight excluding hydrogens is 983 g/mol. The SMILES string of the molecule is CC(C)(C)c1ccc(-n2c(-c3[c-]ccc4c3oc3ccccc34)nc3ccccc32)c(-c2ccccc2)c1.[2H]C([2H])([2H])c1c[c-]c(-c2cc(C([2H])([2H])C(C)(C)C)[c]([Ge]([CH3])([CH3])[CH3])cn2)cc1.[Ir]. The van der Waals surface area contributed by atoms with Gasteiger partial charge in [0.05, 0.1) is 22.4 Å². The van der Waals surface area contributed by atoms with Crippen molar-refractivity contribution in [3.8, 4) is 39.5 Å². The smallest absolute Gasteiger partial charge is 0 e. The summed E-state index contributed by atoms with van der Waals surface area (Å²) in [4.78, 5) is 9.73. The van der Waals surface area contributed by atoms with Gasteiger partial charge in [-0.15, -0.1) is 18.2 Å². The van der Waals surface area contributed by atoms with Gasteiger partial charge in [-0.3, -0.25) is 4.98 Å². The summed E-state index contributed by atoms with van der Waals surface area (Å²) in [5.41, 5.74) is 10.9. The summed E-state index contributed by atoms with van der Waals surface area (Å²) in [6, 6.07) is 51.0. The van der Waals surface area contributed by atoms with Crippen LogP contribution in [0, 0.1) is 24.4 Å². The molecule has 4 nitrogen and oxygen atoms in total. The molecule has 0 fully saturated rings. The molecule has 0 saturated heterocycles. The predicted molar refractivity (Wildman–Crippen MR) is 256 cm³/mol. The van der Waals surface area contributed by atoms with Crippen LogP contribution in [-0.2, 0) is 31.9 Å². The van der Waals surface area contributed by atoms with Crippen LogP contribution < -0.4 is 4.40 Å². The standard InChI is InChI=1S/C35H27N2O.C20H28GeN.Ir/c1-35(2,3)24-20-21-30(28(22-24)23-12-5-4-6-13-23)37-31-18-9-8-17-29(31)36-34(37)27-16-11-15-26-25-14-7-10-19-32(25)38-33(26)27;1-15-8-10-16(11-9-15)19-12-17(13-20(2,3)4)18(14-22-19)21(5,6)7;/h4-15,17-22H,1-3H3;8-10,12,14H,13H2,1-7H3;/q2*-1;/i;1D3,13D2;. The minimum absolute atomic E-state index is 0. The van der Waals surface area contributed by atoms with Crippen LogP contribution in [-0.4, -0.2) is 27.8 Å². The van der Waals surface area contributed by atoms with E-state index < -0.39 is 31.9 Å². The van der Waals surface area contributed by atoms with E-state index in [1.165, 1.54) is 22.8 Å². The maximum atomic E-state index is 8.80. The van der Waals surface area contributed by atoms with Crippen molar-refractivity contribution in [3.05, 3.63) is 168 Å². The molecule has 311 valence electrons. The molecule has 6 aromatic carbocycles. The van der Waals surface area contributed by atoms with Crippen molar-refractivity contribution in [2.45, 2.75) is 77.5 Å². The van der Waals surface area contributed by atoms with Gasteiger partial charge in [-0.1, -0.05) is 98.5 Å². The third-order valence-corrected chi connectivity index (χ3v) is 14.8. The van der Waals surface area contributed by atoms with Gasteiger partial charge in [-0.25, -0.2) is 0 Å². The summed E-state index contributed by atoms with van der Waals surface area (Å²) in [6.45, 7) is 10.3. The summed E-state index contributed by atoms with van der Waals surface area (Å²) in [6.07, 6.45) is 0.303. The first kappa shape index (κ1) is 37.7. The van der Waals surface area contributed by atoms with Gasteiger partial charge in [0.15, 0.2) is 0 Å². The fraction of sp³-hybridized carbons (Fsp3) is 0.236. The topological polar surface area (TPSA) is 43.9 Å². The predicted octanol–water partition coefficient (Wildman–Crippen LogP) is 14.3. The van der Waals surface area contributed by atoms with Crippen molar-refractivity contribution < 1.29 is 31.4 Å². The van der Waals surface area contributed by atoms with Crippen LogP contribution in [0.1, 0.15) is 65.1 Å². The summed E-state index contributed by atoms with van der Waals surface area (Å²) in [7, 11) is 0. The number of hydrogen-bond acceptors (Lipinski definition) is 3. The molecule has 0 atom stereocenters. The summed E-state index contributed by atoms with van der Waals surface area (Å²) in [5.74, 6) is 7.51. The van der Waals surface area contributed by atoms with Crippen LogP contribution in [0.25, 0.3) is 72.4 Å². The Hall–Kier alpha value is -5.07. The molecule has 0 unspecified atom stereocenters. The van der Waals surface area contributed by atoms with Crippen LogP contribution in [0.5, 0.6) is 0 Å². The van der Waals surface area contributed by atoms with Gasteiger partial charge in [0.1, 0.15) is 5.58 Å². The van der Waals surface area contributed by atoms with Crippen LogP contribution in [0.2, 0.25) is 17.3 Å². The van der Waals surface area contributed by atoms with Crippen molar-refractivity contribution >= 4 is 50.6 Å². The van der Waals surface area contributed by atoms with E-state index in [0.717, 1.165) is 54.4 Å². The maximum Gasteiger partial charge on any atom is 0 e. The molecule has 0 spiro atoms. The number of hydrogen-bond donors (Lipinski definition) is 0. The number of furan rings is 1. The maximum absolute atomic E-state index is 8.80. The Morgan fingerprint density at radius 1 is 0.787 bits per heavy atom. The normalized spacial score (nSPS) is 13.7. The largest absolute Gasteiger partial charge is 0 e. The van der Waals surface area contributed by atoms with Crippen LogP contribution in [0.15, 0.2) is 144 Å². The molecule has 0 aliphatic heterocycles. The van der Waals surface area contributed by atoms with Gasteiger partial charge in [0.2, 0.25) is 0 Å². The van der Waals surface area contributed by atoms with Gasteiger partial charge in [0, 0.05) is 36.7 Å². The van der Waals surface area contributed by atoms with Gasteiger partial charge >= 0.3 is 145 Å². The molecule has 0 N–H and O–H groups in total. The second kappa shape index (κ2) is 17.4. The second-order valence-corrected chi connectivity index (χ2v) is 29.1. The van der Waals surface area contributed by atoms with Gasteiger partial charge in [-0.2, -0.15) is 0 Å². The fourth-order valence-corrected chi connectivity index (χ4v) is 10.6. The van der Waals surface area contributed by atoms with Crippen molar-refractivity contribution in [1.29, 1.82) is 0 Å². The minimum Gasteiger partial charge on any atom is 0 e. The molecule has 9 rings (SSSR count). The van der Waals surface area contributed by atoms with Crippen LogP contribution >= 0.6 is 0 Å². The molecule has 3 aromatic heterocycles. The number of imidazole rings is 1. The zero-order chi connectivity index (χ0) is 46.7. The Labute approximate surface area is 385 Å².